The monoisotopic (exact) mass is 554 g/mol. The van der Waals surface area contributed by atoms with Crippen LogP contribution in [0.25, 0.3) is 0 Å². The zero-order chi connectivity index (χ0) is 29.1. The molecule has 1 amide bonds. The van der Waals surface area contributed by atoms with Crippen molar-refractivity contribution in [3.63, 3.8) is 0 Å². The van der Waals surface area contributed by atoms with Gasteiger partial charge in [0.25, 0.3) is 0 Å². The molecule has 0 heterocycles. The number of carboxylic acid groups (broad SMARTS) is 1. The molecule has 0 aliphatic carbocycles. The van der Waals surface area contributed by atoms with Gasteiger partial charge in [0.15, 0.2) is 0 Å². The van der Waals surface area contributed by atoms with Crippen LogP contribution >= 0.6 is 0 Å². The van der Waals surface area contributed by atoms with Crippen LogP contribution in [-0.2, 0) is 11.0 Å². The fourth-order valence-electron chi connectivity index (χ4n) is 3.67. The topological polar surface area (TPSA) is 96.1 Å². The number of alkyl halides is 3. The van der Waals surface area contributed by atoms with Gasteiger partial charge in [0.05, 0.1) is 17.5 Å². The van der Waals surface area contributed by atoms with Gasteiger partial charge in [0.1, 0.15) is 18.1 Å². The number of amides is 1. The van der Waals surface area contributed by atoms with E-state index in [1.165, 1.54) is 25.4 Å². The van der Waals surface area contributed by atoms with E-state index in [0.717, 1.165) is 22.6 Å². The molecular formula is C29H29F3N4O4. The van der Waals surface area contributed by atoms with Gasteiger partial charge in [0.2, 0.25) is 0 Å². The lowest BCUT2D eigenvalue weighted by Gasteiger charge is -2.17. The number of rotatable bonds is 11. The molecule has 0 radical (unpaired) electrons. The molecule has 0 saturated carbocycles. The van der Waals surface area contributed by atoms with Crippen molar-refractivity contribution in [1.82, 2.24) is 0 Å². The molecule has 3 rings (SSSR count). The van der Waals surface area contributed by atoms with E-state index in [2.05, 4.69) is 15.4 Å². The van der Waals surface area contributed by atoms with Crippen LogP contribution in [0.5, 0.6) is 11.5 Å². The Kier molecular flexibility index (Phi) is 10.4. The summed E-state index contributed by atoms with van der Waals surface area (Å²) in [4.78, 5) is 17.5. The average molecular weight is 555 g/mol. The van der Waals surface area contributed by atoms with Crippen molar-refractivity contribution in [3.05, 3.63) is 89.5 Å². The maximum Gasteiger partial charge on any atom is 0.416 e. The van der Waals surface area contributed by atoms with E-state index in [0.29, 0.717) is 23.6 Å². The second-order valence-electron chi connectivity index (χ2n) is 8.66. The molecule has 3 aromatic rings. The minimum absolute atomic E-state index is 0.0704. The van der Waals surface area contributed by atoms with Crippen molar-refractivity contribution >= 4 is 30.4 Å². The minimum Gasteiger partial charge on any atom is -0.465 e. The number of oxime groups is 1. The molecule has 0 aliphatic rings. The van der Waals surface area contributed by atoms with Gasteiger partial charge >= 0.3 is 12.3 Å². The second kappa shape index (κ2) is 13.9. The number of anilines is 1. The van der Waals surface area contributed by atoms with Gasteiger partial charge in [-0.05, 0) is 48.9 Å². The third-order valence-electron chi connectivity index (χ3n) is 5.80. The molecule has 0 aliphatic heterocycles. The molecule has 2 atom stereocenters. The molecule has 0 spiro atoms. The van der Waals surface area contributed by atoms with Crippen LogP contribution in [0.15, 0.2) is 88.2 Å². The summed E-state index contributed by atoms with van der Waals surface area (Å²) in [6.07, 6.45) is -0.828. The highest BCUT2D eigenvalue weighted by Gasteiger charge is 2.30. The van der Waals surface area contributed by atoms with Crippen LogP contribution < -0.4 is 9.64 Å². The summed E-state index contributed by atoms with van der Waals surface area (Å²) in [5, 5.41) is 21.6. The van der Waals surface area contributed by atoms with Crippen molar-refractivity contribution < 1.29 is 32.6 Å². The maximum absolute atomic E-state index is 13.0. The predicted octanol–water partition coefficient (Wildman–Crippen LogP) is 7.46. The Morgan fingerprint density at radius 2 is 1.73 bits per heavy atom. The zero-order valence-corrected chi connectivity index (χ0v) is 22.1. The third-order valence-corrected chi connectivity index (χ3v) is 5.80. The first-order chi connectivity index (χ1) is 19.1. The molecule has 0 bridgehead atoms. The first-order valence-electron chi connectivity index (χ1n) is 12.3. The van der Waals surface area contributed by atoms with Crippen molar-refractivity contribution in [1.29, 1.82) is 0 Å². The van der Waals surface area contributed by atoms with Crippen LogP contribution in [0, 0.1) is 5.92 Å². The molecule has 11 heteroatoms. The third kappa shape index (κ3) is 8.42. The van der Waals surface area contributed by atoms with Gasteiger partial charge in [-0.3, -0.25) is 4.90 Å². The predicted molar refractivity (Wildman–Crippen MR) is 149 cm³/mol. The molecule has 0 aromatic heterocycles. The van der Waals surface area contributed by atoms with Gasteiger partial charge in [0, 0.05) is 36.9 Å². The Morgan fingerprint density at radius 3 is 2.40 bits per heavy atom. The Hall–Kier alpha value is -4.67. The van der Waals surface area contributed by atoms with Gasteiger partial charge in [-0.15, -0.1) is 0 Å². The molecule has 3 aromatic carbocycles. The van der Waals surface area contributed by atoms with E-state index >= 15 is 0 Å². The van der Waals surface area contributed by atoms with Crippen molar-refractivity contribution in [2.24, 2.45) is 21.3 Å². The van der Waals surface area contributed by atoms with Crippen molar-refractivity contribution in [2.75, 3.05) is 18.6 Å². The van der Waals surface area contributed by atoms with Gasteiger partial charge in [-0.1, -0.05) is 48.5 Å². The fraction of sp³-hybridized carbons (Fsp3) is 0.241. The summed E-state index contributed by atoms with van der Waals surface area (Å²) in [5.74, 6) is -0.0142. The van der Waals surface area contributed by atoms with Crippen molar-refractivity contribution in [2.45, 2.75) is 25.9 Å². The highest BCUT2D eigenvalue weighted by Crippen LogP contribution is 2.33. The Balaban J connectivity index is 1.81. The lowest BCUT2D eigenvalue weighted by molar-refractivity contribution is -0.137. The molecule has 210 valence electrons. The van der Waals surface area contributed by atoms with E-state index in [9.17, 15) is 23.1 Å². The van der Waals surface area contributed by atoms with E-state index in [-0.39, 0.29) is 17.6 Å². The smallest absolute Gasteiger partial charge is 0.416 e. The Labute approximate surface area is 230 Å². The van der Waals surface area contributed by atoms with Gasteiger partial charge < -0.3 is 14.7 Å². The highest BCUT2D eigenvalue weighted by molar-refractivity contribution is 5.95. The molecule has 8 nitrogen and oxygen atoms in total. The first-order valence-corrected chi connectivity index (χ1v) is 12.3. The quantitative estimate of drug-likeness (QED) is 0.197. The maximum atomic E-state index is 13.0. The van der Waals surface area contributed by atoms with Crippen LogP contribution in [0.2, 0.25) is 0 Å². The molecule has 1 N–H and O–H groups in total. The van der Waals surface area contributed by atoms with Crippen LogP contribution in [0.3, 0.4) is 0 Å². The largest absolute Gasteiger partial charge is 0.465 e. The Bertz CT molecular complexity index is 1360. The van der Waals surface area contributed by atoms with Crippen LogP contribution in [0.1, 0.15) is 36.5 Å². The van der Waals surface area contributed by atoms with E-state index < -0.39 is 17.8 Å². The number of carbonyl (C=O) groups is 1. The van der Waals surface area contributed by atoms with Crippen LogP contribution in [0.4, 0.5) is 23.7 Å². The number of ether oxygens (including phenoxy) is 1. The summed E-state index contributed by atoms with van der Waals surface area (Å²) in [6.45, 7) is 4.16. The van der Waals surface area contributed by atoms with Crippen molar-refractivity contribution in [3.8, 4) is 11.5 Å². The summed E-state index contributed by atoms with van der Waals surface area (Å²) in [5.41, 5.74) is 1.07. The zero-order valence-electron chi connectivity index (χ0n) is 22.1. The first kappa shape index (κ1) is 29.9. The van der Waals surface area contributed by atoms with E-state index in [1.807, 2.05) is 13.8 Å². The second-order valence-corrected chi connectivity index (χ2v) is 8.66. The fourth-order valence-corrected chi connectivity index (χ4v) is 3.67. The number of para-hydroxylation sites is 1. The number of nitrogens with zero attached hydrogens (tertiary/aromatic N) is 4. The molecule has 40 heavy (non-hydrogen) atoms. The standard InChI is InChI=1S/C29H29F3N4O4/c1-4-39-35-17-20(2)26(19-34-33-18-22-8-5-6-11-27(22)36(3)28(37)38)21-12-14-24(15-13-21)40-25-10-7-9-23(16-25)29(30,31)32/h5-20,26H,4H2,1-3H3,(H,37,38). The van der Waals surface area contributed by atoms with Crippen LogP contribution in [-0.4, -0.2) is 43.5 Å². The normalized spacial score (nSPS) is 13.6. The van der Waals surface area contributed by atoms with Gasteiger partial charge in [-0.2, -0.15) is 23.4 Å². The van der Waals surface area contributed by atoms with E-state index in [1.54, 1.807) is 61.0 Å². The number of hydrogen-bond acceptors (Lipinski definition) is 6. The lowest BCUT2D eigenvalue weighted by atomic mass is 9.89. The molecule has 0 saturated heterocycles. The Morgan fingerprint density at radius 1 is 1.00 bits per heavy atom. The lowest BCUT2D eigenvalue weighted by Crippen LogP contribution is -2.24. The number of benzene rings is 3. The number of hydrogen-bond donors (Lipinski definition) is 1. The SMILES string of the molecule is CCON=CC(C)C(C=NN=Cc1ccccc1N(C)C(=O)O)c1ccc(Oc2cccc(C(F)(F)F)c2)cc1. The van der Waals surface area contributed by atoms with Gasteiger partial charge in [-0.25, -0.2) is 4.79 Å². The summed E-state index contributed by atoms with van der Waals surface area (Å²) in [6, 6.07) is 18.4. The summed E-state index contributed by atoms with van der Waals surface area (Å²) in [7, 11) is 1.44. The summed E-state index contributed by atoms with van der Waals surface area (Å²) < 4.78 is 44.7. The molecule has 2 unspecified atom stereocenters. The van der Waals surface area contributed by atoms with E-state index in [4.69, 9.17) is 9.57 Å². The molecular weight excluding hydrogens is 525 g/mol. The summed E-state index contributed by atoms with van der Waals surface area (Å²) >= 11 is 0. The average Bonchev–Trinajstić information content (AvgIpc) is 2.93. The minimum atomic E-state index is -4.47. The highest BCUT2D eigenvalue weighted by atomic mass is 19.4. The molecule has 0 fully saturated rings. The number of halogens is 3.